The molecule has 3 heterocycles. The molecule has 0 aliphatic carbocycles. The summed E-state index contributed by atoms with van der Waals surface area (Å²) >= 11 is 10.1. The summed E-state index contributed by atoms with van der Waals surface area (Å²) in [6.07, 6.45) is 0. The van der Waals surface area contributed by atoms with Crippen molar-refractivity contribution in [3.63, 3.8) is 0 Å². The molecule has 3 aromatic carbocycles. The van der Waals surface area contributed by atoms with Crippen molar-refractivity contribution in [3.05, 3.63) is 141 Å². The summed E-state index contributed by atoms with van der Waals surface area (Å²) in [5.41, 5.74) is 5.00. The van der Waals surface area contributed by atoms with E-state index >= 15 is 0 Å². The van der Waals surface area contributed by atoms with Crippen LogP contribution in [0.4, 0.5) is 0 Å². The van der Waals surface area contributed by atoms with Crippen LogP contribution in [0.15, 0.2) is 114 Å². The van der Waals surface area contributed by atoms with Crippen molar-refractivity contribution in [1.82, 2.24) is 25.1 Å². The van der Waals surface area contributed by atoms with E-state index in [1.54, 1.807) is 0 Å². The zero-order valence-electron chi connectivity index (χ0n) is 18.9. The third kappa shape index (κ3) is 3.70. The number of benzene rings is 3. The van der Waals surface area contributed by atoms with Gasteiger partial charge >= 0.3 is 0 Å². The maximum Gasteiger partial charge on any atom is 0.224 e. The number of aromatic amines is 1. The monoisotopic (exact) mass is 551 g/mol. The minimum Gasteiger partial charge on any atom is -0.273 e. The molecule has 6 aromatic rings. The average molecular weight is 553 g/mol. The van der Waals surface area contributed by atoms with E-state index in [4.69, 9.17) is 16.6 Å². The summed E-state index contributed by atoms with van der Waals surface area (Å²) in [6.45, 7) is 0. The minimum absolute atomic E-state index is 0.130. The number of halogens is 2. The van der Waals surface area contributed by atoms with Gasteiger partial charge in [0.2, 0.25) is 5.28 Å². The van der Waals surface area contributed by atoms with Gasteiger partial charge < -0.3 is 0 Å². The Hall–Kier alpha value is -3.87. The number of aromatic nitrogens is 5. The summed E-state index contributed by atoms with van der Waals surface area (Å²) in [4.78, 5) is 14.1. The van der Waals surface area contributed by atoms with Crippen molar-refractivity contribution >= 4 is 38.6 Å². The van der Waals surface area contributed by atoms with Gasteiger partial charge in [-0.05, 0) is 56.4 Å². The number of rotatable bonds is 5. The number of nitrogens with zero attached hydrogens (tertiary/aromatic N) is 4. The molecule has 7 heteroatoms. The predicted molar refractivity (Wildman–Crippen MR) is 146 cm³/mol. The van der Waals surface area contributed by atoms with E-state index in [0.717, 1.165) is 43.8 Å². The largest absolute Gasteiger partial charge is 0.273 e. The van der Waals surface area contributed by atoms with E-state index in [1.165, 1.54) is 0 Å². The third-order valence-corrected chi connectivity index (χ3v) is 6.94. The highest BCUT2D eigenvalue weighted by Crippen LogP contribution is 2.47. The van der Waals surface area contributed by atoms with Gasteiger partial charge in [-0.2, -0.15) is 10.1 Å². The summed E-state index contributed by atoms with van der Waals surface area (Å²) in [5, 5.41) is 8.58. The fourth-order valence-corrected chi connectivity index (χ4v) is 5.39. The first-order valence-corrected chi connectivity index (χ1v) is 12.6. The Kier molecular flexibility index (Phi) is 5.83. The minimum atomic E-state index is -0.806. The lowest BCUT2D eigenvalue weighted by Crippen LogP contribution is -2.32. The number of pyridine rings is 1. The Balaban J connectivity index is 1.82. The van der Waals surface area contributed by atoms with Gasteiger partial charge in [0.1, 0.15) is 4.60 Å². The first-order valence-electron chi connectivity index (χ1n) is 11.4. The van der Waals surface area contributed by atoms with Crippen LogP contribution in [0.3, 0.4) is 0 Å². The van der Waals surface area contributed by atoms with Gasteiger partial charge in [-0.25, -0.2) is 9.97 Å². The molecular weight excluding hydrogens is 534 g/mol. The summed E-state index contributed by atoms with van der Waals surface area (Å²) in [5.74, 6) is 0. The van der Waals surface area contributed by atoms with E-state index in [2.05, 4.69) is 72.5 Å². The highest BCUT2D eigenvalue weighted by atomic mass is 79.9. The lowest BCUT2D eigenvalue weighted by Gasteiger charge is -2.36. The van der Waals surface area contributed by atoms with Crippen LogP contribution in [-0.2, 0) is 5.41 Å². The first kappa shape index (κ1) is 22.6. The molecule has 6 rings (SSSR count). The number of nitrogens with one attached hydrogen (secondary N) is 1. The molecule has 0 radical (unpaired) electrons. The standard InChI is InChI=1S/C29H19BrClN5/c30-23-18-10-17-22(32-23)25-24-26(33-28(31)34-27(24)36-35-25)29(19-11-4-1-5-12-19,20-13-6-2-7-14-20)21-15-8-3-9-16-21/h1-18H,(H,33,34,35,36). The third-order valence-electron chi connectivity index (χ3n) is 6.33. The Morgan fingerprint density at radius 1 is 0.639 bits per heavy atom. The molecule has 0 bridgehead atoms. The summed E-state index contributed by atoms with van der Waals surface area (Å²) < 4.78 is 0.722. The predicted octanol–water partition coefficient (Wildman–Crippen LogP) is 7.21. The van der Waals surface area contributed by atoms with Gasteiger partial charge in [-0.3, -0.25) is 5.10 Å². The van der Waals surface area contributed by atoms with E-state index in [-0.39, 0.29) is 5.28 Å². The zero-order valence-corrected chi connectivity index (χ0v) is 21.3. The van der Waals surface area contributed by atoms with Crippen LogP contribution >= 0.6 is 27.5 Å². The van der Waals surface area contributed by atoms with Crippen molar-refractivity contribution in [2.75, 3.05) is 0 Å². The second kappa shape index (κ2) is 9.30. The Bertz CT molecular complexity index is 1560. The van der Waals surface area contributed by atoms with Crippen LogP contribution in [-0.4, -0.2) is 25.1 Å². The molecule has 1 N–H and O–H groups in total. The molecule has 0 spiro atoms. The number of fused-ring (bicyclic) bond motifs is 1. The van der Waals surface area contributed by atoms with Crippen LogP contribution in [0.25, 0.3) is 22.4 Å². The van der Waals surface area contributed by atoms with Gasteiger partial charge in [0.25, 0.3) is 0 Å². The lowest BCUT2D eigenvalue weighted by atomic mass is 9.66. The molecule has 0 saturated carbocycles. The van der Waals surface area contributed by atoms with Crippen LogP contribution in [0, 0.1) is 0 Å². The molecule has 5 nitrogen and oxygen atoms in total. The topological polar surface area (TPSA) is 67.3 Å². The molecule has 3 aromatic heterocycles. The van der Waals surface area contributed by atoms with Gasteiger partial charge in [0.15, 0.2) is 5.65 Å². The Morgan fingerprint density at radius 2 is 1.19 bits per heavy atom. The van der Waals surface area contributed by atoms with Gasteiger partial charge in [-0.1, -0.05) is 97.1 Å². The lowest BCUT2D eigenvalue weighted by molar-refractivity contribution is 0.720. The smallest absolute Gasteiger partial charge is 0.224 e. The highest BCUT2D eigenvalue weighted by molar-refractivity contribution is 9.10. The maximum absolute atomic E-state index is 6.57. The maximum atomic E-state index is 6.57. The molecule has 0 fully saturated rings. The van der Waals surface area contributed by atoms with Crippen molar-refractivity contribution in [2.24, 2.45) is 0 Å². The molecule has 0 aliphatic heterocycles. The SMILES string of the molecule is Clc1nc(C(c2ccccc2)(c2ccccc2)c2ccccc2)c2c(-c3cccc(Br)n3)[nH]nc2n1. The second-order valence-corrected chi connectivity index (χ2v) is 9.48. The summed E-state index contributed by atoms with van der Waals surface area (Å²) in [6, 6.07) is 36.8. The van der Waals surface area contributed by atoms with Gasteiger partial charge in [-0.15, -0.1) is 0 Å². The molecule has 0 atom stereocenters. The van der Waals surface area contributed by atoms with Crippen LogP contribution in [0.1, 0.15) is 22.4 Å². The average Bonchev–Trinajstić information content (AvgIpc) is 3.35. The van der Waals surface area contributed by atoms with Crippen LogP contribution in [0.2, 0.25) is 5.28 Å². The molecule has 0 saturated heterocycles. The van der Waals surface area contributed by atoms with E-state index in [1.807, 2.05) is 72.8 Å². The quantitative estimate of drug-likeness (QED) is 0.139. The Labute approximate surface area is 221 Å². The molecular formula is C29H19BrClN5. The van der Waals surface area contributed by atoms with Crippen molar-refractivity contribution in [1.29, 1.82) is 0 Å². The molecule has 0 aliphatic rings. The van der Waals surface area contributed by atoms with Crippen molar-refractivity contribution in [3.8, 4) is 11.4 Å². The number of hydrogen-bond acceptors (Lipinski definition) is 4. The fraction of sp³-hybridized carbons (Fsp3) is 0.0345. The van der Waals surface area contributed by atoms with E-state index < -0.39 is 5.41 Å². The van der Waals surface area contributed by atoms with Gasteiger partial charge in [0.05, 0.1) is 27.9 Å². The highest BCUT2D eigenvalue weighted by Gasteiger charge is 2.42. The zero-order chi connectivity index (χ0) is 24.5. The van der Waals surface area contributed by atoms with E-state index in [9.17, 15) is 0 Å². The van der Waals surface area contributed by atoms with Crippen molar-refractivity contribution < 1.29 is 0 Å². The number of H-pyrrole nitrogens is 1. The molecule has 0 amide bonds. The van der Waals surface area contributed by atoms with E-state index in [0.29, 0.717) is 5.65 Å². The second-order valence-electron chi connectivity index (χ2n) is 8.33. The Morgan fingerprint density at radius 3 is 1.72 bits per heavy atom. The normalized spacial score (nSPS) is 11.6. The molecule has 36 heavy (non-hydrogen) atoms. The summed E-state index contributed by atoms with van der Waals surface area (Å²) in [7, 11) is 0. The van der Waals surface area contributed by atoms with Gasteiger partial charge in [0, 0.05) is 0 Å². The first-order chi connectivity index (χ1) is 17.7. The fourth-order valence-electron chi connectivity index (χ4n) is 4.88. The van der Waals surface area contributed by atoms with Crippen LogP contribution in [0.5, 0.6) is 0 Å². The van der Waals surface area contributed by atoms with Crippen molar-refractivity contribution in [2.45, 2.75) is 5.41 Å². The van der Waals surface area contributed by atoms with Crippen LogP contribution < -0.4 is 0 Å². The molecule has 174 valence electrons. The number of hydrogen-bond donors (Lipinski definition) is 1. The molecule has 0 unspecified atom stereocenters.